The van der Waals surface area contributed by atoms with Gasteiger partial charge in [0.25, 0.3) is 0 Å². The number of hydrogen-bond donors (Lipinski definition) is 2. The van der Waals surface area contributed by atoms with E-state index in [0.717, 1.165) is 6.07 Å². The number of pyridine rings is 1. The number of halogens is 1. The molecule has 0 aliphatic rings. The standard InChI is InChI=1S/C11H10FNO3/c12-8-5-7-9(13-2-1-10(7)15)6-11(8)16-4-3-14/h1-2,5-6,14H,3-4H2,(H,13,15). The number of aromatic amines is 1. The minimum absolute atomic E-state index is 0.0134. The number of hydrogen-bond acceptors (Lipinski definition) is 3. The van der Waals surface area contributed by atoms with Crippen LogP contribution >= 0.6 is 0 Å². The lowest BCUT2D eigenvalue weighted by atomic mass is 10.2. The molecule has 1 heterocycles. The van der Waals surface area contributed by atoms with Crippen LogP contribution in [0.2, 0.25) is 0 Å². The van der Waals surface area contributed by atoms with Crippen LogP contribution in [0, 0.1) is 5.82 Å². The summed E-state index contributed by atoms with van der Waals surface area (Å²) in [6.45, 7) is -0.178. The summed E-state index contributed by atoms with van der Waals surface area (Å²) < 4.78 is 18.5. The van der Waals surface area contributed by atoms with Crippen LogP contribution in [0.3, 0.4) is 0 Å². The Hall–Kier alpha value is -1.88. The van der Waals surface area contributed by atoms with Crippen molar-refractivity contribution in [3.63, 3.8) is 0 Å². The number of nitrogens with one attached hydrogen (secondary N) is 1. The Morgan fingerprint density at radius 3 is 3.00 bits per heavy atom. The number of rotatable bonds is 3. The quantitative estimate of drug-likeness (QED) is 0.817. The molecular weight excluding hydrogens is 213 g/mol. The topological polar surface area (TPSA) is 62.3 Å². The first-order valence-electron chi connectivity index (χ1n) is 4.77. The monoisotopic (exact) mass is 223 g/mol. The first-order chi connectivity index (χ1) is 7.72. The molecule has 84 valence electrons. The van der Waals surface area contributed by atoms with E-state index >= 15 is 0 Å². The van der Waals surface area contributed by atoms with Crippen molar-refractivity contribution in [2.24, 2.45) is 0 Å². The Bertz CT molecular complexity index is 565. The largest absolute Gasteiger partial charge is 0.488 e. The van der Waals surface area contributed by atoms with Crippen LogP contribution < -0.4 is 10.2 Å². The molecule has 16 heavy (non-hydrogen) atoms. The van der Waals surface area contributed by atoms with Gasteiger partial charge in [-0.3, -0.25) is 4.79 Å². The molecule has 5 heteroatoms. The van der Waals surface area contributed by atoms with Crippen molar-refractivity contribution in [2.45, 2.75) is 0 Å². The molecule has 0 fully saturated rings. The van der Waals surface area contributed by atoms with Crippen LogP contribution in [0.15, 0.2) is 29.2 Å². The molecule has 2 rings (SSSR count). The molecule has 1 aromatic carbocycles. The normalized spacial score (nSPS) is 10.6. The van der Waals surface area contributed by atoms with Gasteiger partial charge in [0.15, 0.2) is 17.0 Å². The zero-order valence-electron chi connectivity index (χ0n) is 8.37. The molecular formula is C11H10FNO3. The number of ether oxygens (including phenoxy) is 1. The van der Waals surface area contributed by atoms with Crippen molar-refractivity contribution < 1.29 is 14.2 Å². The molecule has 2 N–H and O–H groups in total. The summed E-state index contributed by atoms with van der Waals surface area (Å²) in [6.07, 6.45) is 1.48. The van der Waals surface area contributed by atoms with E-state index in [9.17, 15) is 9.18 Å². The molecule has 4 nitrogen and oxygen atoms in total. The zero-order valence-corrected chi connectivity index (χ0v) is 8.37. The van der Waals surface area contributed by atoms with Crippen molar-refractivity contribution in [1.82, 2.24) is 4.98 Å². The van der Waals surface area contributed by atoms with Gasteiger partial charge in [-0.1, -0.05) is 0 Å². The van der Waals surface area contributed by atoms with Crippen molar-refractivity contribution in [2.75, 3.05) is 13.2 Å². The fraction of sp³-hybridized carbons (Fsp3) is 0.182. The van der Waals surface area contributed by atoms with E-state index in [4.69, 9.17) is 9.84 Å². The molecule has 0 saturated carbocycles. The second-order valence-corrected chi connectivity index (χ2v) is 3.24. The van der Waals surface area contributed by atoms with Crippen LogP contribution in [-0.4, -0.2) is 23.3 Å². The second kappa shape index (κ2) is 4.32. The van der Waals surface area contributed by atoms with Gasteiger partial charge in [0.1, 0.15) is 6.61 Å². The van der Waals surface area contributed by atoms with Gasteiger partial charge in [-0.2, -0.15) is 0 Å². The Kier molecular flexibility index (Phi) is 2.87. The highest BCUT2D eigenvalue weighted by Gasteiger charge is 2.07. The van der Waals surface area contributed by atoms with Gasteiger partial charge in [-0.25, -0.2) is 4.39 Å². The average molecular weight is 223 g/mol. The van der Waals surface area contributed by atoms with Gasteiger partial charge in [0, 0.05) is 23.7 Å². The summed E-state index contributed by atoms with van der Waals surface area (Å²) >= 11 is 0. The SMILES string of the molecule is O=c1cc[nH]c2cc(OCCO)c(F)cc12. The number of aliphatic hydroxyl groups is 1. The lowest BCUT2D eigenvalue weighted by Crippen LogP contribution is -2.05. The van der Waals surface area contributed by atoms with E-state index in [-0.39, 0.29) is 29.8 Å². The van der Waals surface area contributed by atoms with E-state index < -0.39 is 5.82 Å². The van der Waals surface area contributed by atoms with Crippen molar-refractivity contribution in [3.05, 3.63) is 40.4 Å². The first-order valence-corrected chi connectivity index (χ1v) is 4.77. The first kappa shape index (κ1) is 10.6. The lowest BCUT2D eigenvalue weighted by Gasteiger charge is -2.06. The van der Waals surface area contributed by atoms with Crippen LogP contribution in [0.5, 0.6) is 5.75 Å². The van der Waals surface area contributed by atoms with E-state index in [1.54, 1.807) is 0 Å². The molecule has 0 amide bonds. The Labute approximate surface area is 90.3 Å². The molecule has 0 radical (unpaired) electrons. The summed E-state index contributed by atoms with van der Waals surface area (Å²) in [5.74, 6) is -0.596. The van der Waals surface area contributed by atoms with E-state index in [0.29, 0.717) is 5.52 Å². The third kappa shape index (κ3) is 1.90. The number of fused-ring (bicyclic) bond motifs is 1. The van der Waals surface area contributed by atoms with E-state index in [1.807, 2.05) is 0 Å². The maximum Gasteiger partial charge on any atom is 0.189 e. The fourth-order valence-corrected chi connectivity index (χ4v) is 1.44. The maximum absolute atomic E-state index is 13.5. The average Bonchev–Trinajstić information content (AvgIpc) is 2.28. The highest BCUT2D eigenvalue weighted by molar-refractivity contribution is 5.79. The van der Waals surface area contributed by atoms with Crippen LogP contribution in [0.4, 0.5) is 4.39 Å². The molecule has 0 aliphatic carbocycles. The van der Waals surface area contributed by atoms with Gasteiger partial charge in [-0.15, -0.1) is 0 Å². The lowest BCUT2D eigenvalue weighted by molar-refractivity contribution is 0.196. The minimum Gasteiger partial charge on any atom is -0.488 e. The number of H-pyrrole nitrogens is 1. The summed E-state index contributed by atoms with van der Waals surface area (Å²) in [5.41, 5.74) is 0.253. The predicted octanol–water partition coefficient (Wildman–Crippen LogP) is 1.04. The van der Waals surface area contributed by atoms with Crippen molar-refractivity contribution >= 4 is 10.9 Å². The number of aromatic nitrogens is 1. The Balaban J connectivity index is 2.54. The predicted molar refractivity (Wildman–Crippen MR) is 57.1 cm³/mol. The third-order valence-corrected chi connectivity index (χ3v) is 2.16. The van der Waals surface area contributed by atoms with Gasteiger partial charge in [0.2, 0.25) is 0 Å². The van der Waals surface area contributed by atoms with Gasteiger partial charge < -0.3 is 14.8 Å². The summed E-state index contributed by atoms with van der Waals surface area (Å²) in [5, 5.41) is 8.84. The van der Waals surface area contributed by atoms with E-state index in [1.165, 1.54) is 18.3 Å². The van der Waals surface area contributed by atoms with Crippen LogP contribution in [0.1, 0.15) is 0 Å². The van der Waals surface area contributed by atoms with E-state index in [2.05, 4.69) is 4.98 Å². The van der Waals surface area contributed by atoms with Gasteiger partial charge >= 0.3 is 0 Å². The second-order valence-electron chi connectivity index (χ2n) is 3.24. The van der Waals surface area contributed by atoms with Crippen molar-refractivity contribution in [1.29, 1.82) is 0 Å². The third-order valence-electron chi connectivity index (χ3n) is 2.16. The van der Waals surface area contributed by atoms with Gasteiger partial charge in [-0.05, 0) is 6.07 Å². The minimum atomic E-state index is -0.613. The highest BCUT2D eigenvalue weighted by Crippen LogP contribution is 2.21. The van der Waals surface area contributed by atoms with Crippen LogP contribution in [-0.2, 0) is 0 Å². The molecule has 0 saturated heterocycles. The highest BCUT2D eigenvalue weighted by atomic mass is 19.1. The molecule has 0 bridgehead atoms. The Morgan fingerprint density at radius 2 is 2.25 bits per heavy atom. The molecule has 1 aromatic heterocycles. The zero-order chi connectivity index (χ0) is 11.5. The van der Waals surface area contributed by atoms with Gasteiger partial charge in [0.05, 0.1) is 12.1 Å². The number of benzene rings is 1. The maximum atomic E-state index is 13.5. The smallest absolute Gasteiger partial charge is 0.189 e. The Morgan fingerprint density at radius 1 is 1.44 bits per heavy atom. The summed E-state index contributed by atoms with van der Waals surface area (Å²) in [6, 6.07) is 3.86. The summed E-state index contributed by atoms with van der Waals surface area (Å²) in [4.78, 5) is 14.2. The fourth-order valence-electron chi connectivity index (χ4n) is 1.44. The molecule has 0 spiro atoms. The molecule has 0 unspecified atom stereocenters. The van der Waals surface area contributed by atoms with Crippen LogP contribution in [0.25, 0.3) is 10.9 Å². The number of aliphatic hydroxyl groups excluding tert-OH is 1. The van der Waals surface area contributed by atoms with Crippen molar-refractivity contribution in [3.8, 4) is 5.75 Å². The molecule has 0 aliphatic heterocycles. The summed E-state index contributed by atoms with van der Waals surface area (Å²) in [7, 11) is 0. The molecule has 2 aromatic rings. The molecule has 0 atom stereocenters.